The molecule has 9 heteroatoms. The van der Waals surface area contributed by atoms with Crippen molar-refractivity contribution in [3.63, 3.8) is 0 Å². The summed E-state index contributed by atoms with van der Waals surface area (Å²) in [5.41, 5.74) is 1.95. The Balaban J connectivity index is 1.32. The first-order valence-corrected chi connectivity index (χ1v) is 13.7. The fourth-order valence-electron chi connectivity index (χ4n) is 6.12. The number of aryl methyl sites for hydroxylation is 1. The Morgan fingerprint density at radius 3 is 2.51 bits per heavy atom. The van der Waals surface area contributed by atoms with Gasteiger partial charge in [-0.2, -0.15) is 0 Å². The molecule has 1 saturated heterocycles. The van der Waals surface area contributed by atoms with Crippen LogP contribution in [0.25, 0.3) is 0 Å². The molecule has 6 rings (SSSR count). The number of hydrogen-bond acceptors (Lipinski definition) is 9. The molecule has 0 spiro atoms. The van der Waals surface area contributed by atoms with Crippen molar-refractivity contribution in [2.45, 2.75) is 70.6 Å². The van der Waals surface area contributed by atoms with Crippen molar-refractivity contribution in [2.75, 3.05) is 0 Å². The van der Waals surface area contributed by atoms with Crippen molar-refractivity contribution in [3.05, 3.63) is 93.3 Å². The Kier molecular flexibility index (Phi) is 7.01. The van der Waals surface area contributed by atoms with E-state index < -0.39 is 42.0 Å². The van der Waals surface area contributed by atoms with Gasteiger partial charge in [0.2, 0.25) is 0 Å². The van der Waals surface area contributed by atoms with Gasteiger partial charge in [0.05, 0.1) is 41.2 Å². The minimum atomic E-state index is -0.747. The molecule has 0 radical (unpaired) electrons. The number of phenols is 1. The van der Waals surface area contributed by atoms with Gasteiger partial charge in [0.15, 0.2) is 17.3 Å². The Hall–Kier alpha value is -4.21. The van der Waals surface area contributed by atoms with E-state index in [-0.39, 0.29) is 45.8 Å². The van der Waals surface area contributed by atoms with Crippen LogP contribution in [0.15, 0.2) is 48.7 Å². The molecule has 0 amide bonds. The van der Waals surface area contributed by atoms with Crippen molar-refractivity contribution in [3.8, 4) is 5.75 Å². The van der Waals surface area contributed by atoms with Crippen LogP contribution in [0.1, 0.15) is 98.2 Å². The maximum Gasteiger partial charge on any atom is 0.302 e. The standard InChI is InChI=1S/C32H29NO8/c1-16-32(39-15-18-7-4-3-5-8-18)25(41-17(2)34)13-24(40-16)19-11-12-20-27(29(19)36)31(38)21-14-33-22-9-6-10-23(35)28(22)26(21)30(20)37/h3-5,7-8,11-12,14,16,24-25,32,36H,6,9-10,13,15H2,1-2H3/t16?,24-,25-,32-/m1/s1. The van der Waals surface area contributed by atoms with Crippen LogP contribution in [-0.2, 0) is 32.0 Å². The minimum absolute atomic E-state index is 0.00838. The van der Waals surface area contributed by atoms with Gasteiger partial charge in [-0.15, -0.1) is 0 Å². The summed E-state index contributed by atoms with van der Waals surface area (Å²) in [6, 6.07) is 12.6. The lowest BCUT2D eigenvalue weighted by molar-refractivity contribution is -0.204. The highest BCUT2D eigenvalue weighted by molar-refractivity contribution is 6.31. The number of pyridine rings is 1. The van der Waals surface area contributed by atoms with Gasteiger partial charge in [0.1, 0.15) is 18.0 Å². The molecule has 4 atom stereocenters. The van der Waals surface area contributed by atoms with Gasteiger partial charge in [0.25, 0.3) is 0 Å². The predicted molar refractivity (Wildman–Crippen MR) is 145 cm³/mol. The second kappa shape index (κ2) is 10.6. The number of nitrogens with zero attached hydrogens (tertiary/aromatic N) is 1. The first kappa shape index (κ1) is 27.0. The van der Waals surface area contributed by atoms with E-state index in [0.29, 0.717) is 37.1 Å². The fraction of sp³-hybridized carbons (Fsp3) is 0.344. The van der Waals surface area contributed by atoms with E-state index in [1.54, 1.807) is 13.0 Å². The summed E-state index contributed by atoms with van der Waals surface area (Å²) < 4.78 is 18.0. The lowest BCUT2D eigenvalue weighted by Crippen LogP contribution is -2.47. The van der Waals surface area contributed by atoms with Crippen molar-refractivity contribution < 1.29 is 38.5 Å². The van der Waals surface area contributed by atoms with Crippen LogP contribution in [0.4, 0.5) is 0 Å². The molecule has 210 valence electrons. The van der Waals surface area contributed by atoms with E-state index >= 15 is 0 Å². The van der Waals surface area contributed by atoms with Crippen LogP contribution in [0, 0.1) is 0 Å². The van der Waals surface area contributed by atoms with Gasteiger partial charge in [-0.05, 0) is 31.4 Å². The number of esters is 1. The summed E-state index contributed by atoms with van der Waals surface area (Å²) in [4.78, 5) is 56.3. The number of ether oxygens (including phenoxy) is 3. The van der Waals surface area contributed by atoms with Crippen LogP contribution < -0.4 is 0 Å². The van der Waals surface area contributed by atoms with Crippen LogP contribution in [-0.4, -0.2) is 51.7 Å². The summed E-state index contributed by atoms with van der Waals surface area (Å²) in [6.45, 7) is 3.41. The third-order valence-corrected chi connectivity index (χ3v) is 8.01. The molecular formula is C32H29NO8. The number of benzene rings is 2. The smallest absolute Gasteiger partial charge is 0.302 e. The molecule has 1 aliphatic heterocycles. The summed E-state index contributed by atoms with van der Waals surface area (Å²) >= 11 is 0. The van der Waals surface area contributed by atoms with E-state index in [2.05, 4.69) is 4.98 Å². The zero-order chi connectivity index (χ0) is 28.8. The van der Waals surface area contributed by atoms with E-state index in [0.717, 1.165) is 5.56 Å². The number of Topliss-reactive ketones (excluding diaryl/α,β-unsaturated/α-hetero) is 1. The molecular weight excluding hydrogens is 526 g/mol. The Morgan fingerprint density at radius 1 is 1.00 bits per heavy atom. The number of carbonyl (C=O) groups is 4. The van der Waals surface area contributed by atoms with Gasteiger partial charge in [-0.25, -0.2) is 0 Å². The Morgan fingerprint density at radius 2 is 1.76 bits per heavy atom. The molecule has 3 aromatic rings. The molecule has 3 aliphatic rings. The molecule has 2 heterocycles. The maximum atomic E-state index is 13.7. The number of fused-ring (bicyclic) bond motifs is 4. The summed E-state index contributed by atoms with van der Waals surface area (Å²) in [5, 5.41) is 11.4. The molecule has 1 N–H and O–H groups in total. The highest BCUT2D eigenvalue weighted by atomic mass is 16.6. The molecule has 2 aromatic carbocycles. The van der Waals surface area contributed by atoms with E-state index in [1.807, 2.05) is 30.3 Å². The second-order valence-electron chi connectivity index (χ2n) is 10.7. The number of rotatable bonds is 5. The van der Waals surface area contributed by atoms with Gasteiger partial charge in [-0.3, -0.25) is 24.2 Å². The number of hydrogen-bond donors (Lipinski definition) is 1. The fourth-order valence-corrected chi connectivity index (χ4v) is 6.12. The molecule has 0 saturated carbocycles. The quantitative estimate of drug-likeness (QED) is 0.355. The summed E-state index contributed by atoms with van der Waals surface area (Å²) in [7, 11) is 0. The highest BCUT2D eigenvalue weighted by Gasteiger charge is 2.43. The number of ketones is 3. The van der Waals surface area contributed by atoms with Crippen LogP contribution in [0.2, 0.25) is 0 Å². The largest absolute Gasteiger partial charge is 0.507 e. The number of carbonyl (C=O) groups excluding carboxylic acids is 4. The molecule has 1 fully saturated rings. The number of phenolic OH excluding ortho intramolecular Hbond substituents is 1. The van der Waals surface area contributed by atoms with Gasteiger partial charge in [0, 0.05) is 42.7 Å². The highest BCUT2D eigenvalue weighted by Crippen LogP contribution is 2.43. The van der Waals surface area contributed by atoms with Crippen molar-refractivity contribution >= 4 is 23.3 Å². The van der Waals surface area contributed by atoms with Gasteiger partial charge in [-0.1, -0.05) is 36.4 Å². The van der Waals surface area contributed by atoms with Crippen LogP contribution in [0.5, 0.6) is 5.75 Å². The Labute approximate surface area is 236 Å². The van der Waals surface area contributed by atoms with E-state index in [4.69, 9.17) is 14.2 Å². The lowest BCUT2D eigenvalue weighted by Gasteiger charge is -2.40. The maximum absolute atomic E-state index is 13.7. The number of aromatic hydroxyl groups is 1. The SMILES string of the molecule is CC(=O)O[C@@H]1C[C@H](c2ccc3c(c2O)C(=O)c2cnc4c(c2C3=O)C(=O)CCC4)OC(C)[C@H]1OCc1ccccc1. The Bertz CT molecular complexity index is 1580. The molecule has 2 aliphatic carbocycles. The predicted octanol–water partition coefficient (Wildman–Crippen LogP) is 4.45. The van der Waals surface area contributed by atoms with Crippen LogP contribution in [0.3, 0.4) is 0 Å². The first-order valence-electron chi connectivity index (χ1n) is 13.7. The zero-order valence-electron chi connectivity index (χ0n) is 22.7. The lowest BCUT2D eigenvalue weighted by atomic mass is 9.78. The van der Waals surface area contributed by atoms with E-state index in [9.17, 15) is 24.3 Å². The third kappa shape index (κ3) is 4.75. The van der Waals surface area contributed by atoms with Gasteiger partial charge < -0.3 is 19.3 Å². The molecule has 1 aromatic heterocycles. The minimum Gasteiger partial charge on any atom is -0.507 e. The summed E-state index contributed by atoms with van der Waals surface area (Å²) in [6.07, 6.45) is 0.461. The number of aromatic nitrogens is 1. The molecule has 9 nitrogen and oxygen atoms in total. The van der Waals surface area contributed by atoms with Crippen molar-refractivity contribution in [1.29, 1.82) is 0 Å². The third-order valence-electron chi connectivity index (χ3n) is 8.01. The average Bonchev–Trinajstić information content (AvgIpc) is 2.95. The normalized spacial score (nSPS) is 23.4. The van der Waals surface area contributed by atoms with Crippen LogP contribution >= 0.6 is 0 Å². The second-order valence-corrected chi connectivity index (χ2v) is 10.7. The van der Waals surface area contributed by atoms with Gasteiger partial charge >= 0.3 is 5.97 Å². The zero-order valence-corrected chi connectivity index (χ0v) is 22.7. The van der Waals surface area contributed by atoms with E-state index in [1.165, 1.54) is 19.2 Å². The monoisotopic (exact) mass is 555 g/mol. The average molecular weight is 556 g/mol. The molecule has 0 bridgehead atoms. The van der Waals surface area contributed by atoms with Crippen molar-refractivity contribution in [1.82, 2.24) is 4.98 Å². The molecule has 41 heavy (non-hydrogen) atoms. The van der Waals surface area contributed by atoms with Crippen molar-refractivity contribution in [2.24, 2.45) is 0 Å². The summed E-state index contributed by atoms with van der Waals surface area (Å²) in [5.74, 6) is -2.12. The topological polar surface area (TPSA) is 129 Å². The first-order chi connectivity index (χ1) is 19.7. The molecule has 1 unspecified atom stereocenters.